The van der Waals surface area contributed by atoms with Crippen molar-refractivity contribution in [1.82, 2.24) is 0 Å². The van der Waals surface area contributed by atoms with Crippen LogP contribution >= 0.6 is 11.6 Å². The van der Waals surface area contributed by atoms with Gasteiger partial charge in [0.25, 0.3) is 0 Å². The van der Waals surface area contributed by atoms with Gasteiger partial charge in [-0.25, -0.2) is 0 Å². The summed E-state index contributed by atoms with van der Waals surface area (Å²) in [4.78, 5) is 10.3. The molecule has 0 N–H and O–H groups in total. The Labute approximate surface area is 74.1 Å². The molecule has 1 unspecified atom stereocenters. The van der Waals surface area contributed by atoms with Gasteiger partial charge in [0.2, 0.25) is 5.56 Å². The monoisotopic (exact) mass is 198 g/mol. The van der Waals surface area contributed by atoms with Crippen LogP contribution in [0, 0.1) is 0 Å². The molecule has 12 heavy (non-hydrogen) atoms. The Hall–Kier alpha value is -0.640. The minimum atomic E-state index is -3.38. The van der Waals surface area contributed by atoms with Crippen molar-refractivity contribution < 1.29 is 18.3 Å². The standard InChI is InChI=1S/C7H9ClF2O2/c1-4(2)7(9,10)6(8)12-5(3)11/h6H,1H2,2-3H3. The summed E-state index contributed by atoms with van der Waals surface area (Å²) in [7, 11) is 0. The SMILES string of the molecule is C=C(C)C(F)(F)C(Cl)OC(C)=O. The maximum Gasteiger partial charge on any atom is 0.318 e. The zero-order valence-electron chi connectivity index (χ0n) is 6.73. The maximum atomic E-state index is 12.8. The highest BCUT2D eigenvalue weighted by atomic mass is 35.5. The van der Waals surface area contributed by atoms with Gasteiger partial charge >= 0.3 is 11.9 Å². The summed E-state index contributed by atoms with van der Waals surface area (Å²) in [5.41, 5.74) is -2.42. The topological polar surface area (TPSA) is 26.3 Å². The molecule has 0 heterocycles. The summed E-state index contributed by atoms with van der Waals surface area (Å²) >= 11 is 5.11. The molecule has 0 saturated heterocycles. The van der Waals surface area contributed by atoms with E-state index < -0.39 is 23.0 Å². The predicted octanol–water partition coefficient (Wildman–Crippen LogP) is 2.33. The van der Waals surface area contributed by atoms with Crippen LogP contribution in [-0.4, -0.2) is 17.5 Å². The summed E-state index contributed by atoms with van der Waals surface area (Å²) in [6.45, 7) is 5.14. The first-order valence-electron chi connectivity index (χ1n) is 3.13. The van der Waals surface area contributed by atoms with Gasteiger partial charge in [0.1, 0.15) is 0 Å². The molecular weight excluding hydrogens is 190 g/mol. The zero-order valence-corrected chi connectivity index (χ0v) is 7.49. The maximum absolute atomic E-state index is 12.8. The van der Waals surface area contributed by atoms with Crippen LogP contribution in [0.3, 0.4) is 0 Å². The van der Waals surface area contributed by atoms with Crippen LogP contribution in [0.2, 0.25) is 0 Å². The Morgan fingerprint density at radius 1 is 1.58 bits per heavy atom. The Bertz CT molecular complexity index is 204. The highest BCUT2D eigenvalue weighted by Gasteiger charge is 2.41. The molecule has 0 aromatic carbocycles. The lowest BCUT2D eigenvalue weighted by molar-refractivity contribution is -0.154. The molecular formula is C7H9ClF2O2. The number of carbonyl (C=O) groups is 1. The Balaban J connectivity index is 4.35. The molecule has 0 amide bonds. The van der Waals surface area contributed by atoms with E-state index in [0.29, 0.717) is 0 Å². The van der Waals surface area contributed by atoms with Gasteiger partial charge in [0, 0.05) is 6.92 Å². The van der Waals surface area contributed by atoms with Crippen LogP contribution in [-0.2, 0) is 9.53 Å². The summed E-state index contributed by atoms with van der Waals surface area (Å²) in [5.74, 6) is -4.23. The van der Waals surface area contributed by atoms with Gasteiger partial charge in [-0.3, -0.25) is 4.79 Å². The average Bonchev–Trinajstić information content (AvgIpc) is 1.85. The lowest BCUT2D eigenvalue weighted by Gasteiger charge is -2.21. The van der Waals surface area contributed by atoms with E-state index in [1.807, 2.05) is 0 Å². The van der Waals surface area contributed by atoms with Crippen LogP contribution in [0.4, 0.5) is 8.78 Å². The van der Waals surface area contributed by atoms with Crippen molar-refractivity contribution in [3.8, 4) is 0 Å². The molecule has 0 saturated carbocycles. The fourth-order valence-corrected chi connectivity index (χ4v) is 0.725. The van der Waals surface area contributed by atoms with Gasteiger partial charge in [-0.2, -0.15) is 8.78 Å². The van der Waals surface area contributed by atoms with Crippen molar-refractivity contribution in [1.29, 1.82) is 0 Å². The van der Waals surface area contributed by atoms with Crippen LogP contribution in [0.1, 0.15) is 13.8 Å². The fraction of sp³-hybridized carbons (Fsp3) is 0.571. The van der Waals surface area contributed by atoms with E-state index in [1.54, 1.807) is 0 Å². The number of halogens is 3. The van der Waals surface area contributed by atoms with E-state index in [-0.39, 0.29) is 0 Å². The minimum absolute atomic E-state index is 0.441. The van der Waals surface area contributed by atoms with Crippen LogP contribution < -0.4 is 0 Å². The first-order valence-corrected chi connectivity index (χ1v) is 3.57. The quantitative estimate of drug-likeness (QED) is 0.395. The summed E-state index contributed by atoms with van der Waals surface area (Å²) in [6.07, 6.45) is 0. The third-order valence-electron chi connectivity index (χ3n) is 1.12. The molecule has 0 aromatic rings. The molecule has 0 spiro atoms. The molecule has 0 rings (SSSR count). The molecule has 0 bridgehead atoms. The van der Waals surface area contributed by atoms with Gasteiger partial charge in [-0.1, -0.05) is 18.2 Å². The molecule has 0 aliphatic rings. The number of alkyl halides is 3. The van der Waals surface area contributed by atoms with E-state index in [9.17, 15) is 13.6 Å². The fourth-order valence-electron chi connectivity index (χ4n) is 0.413. The third kappa shape index (κ3) is 2.77. The first-order chi connectivity index (χ1) is 5.28. The van der Waals surface area contributed by atoms with Crippen LogP contribution in [0.25, 0.3) is 0 Å². The van der Waals surface area contributed by atoms with Crippen molar-refractivity contribution in [3.63, 3.8) is 0 Å². The van der Waals surface area contributed by atoms with Gasteiger partial charge in [0.15, 0.2) is 0 Å². The predicted molar refractivity (Wildman–Crippen MR) is 41.2 cm³/mol. The van der Waals surface area contributed by atoms with E-state index in [1.165, 1.54) is 0 Å². The number of carbonyl (C=O) groups excluding carboxylic acids is 1. The number of ether oxygens (including phenoxy) is 1. The third-order valence-corrected chi connectivity index (χ3v) is 1.49. The largest absolute Gasteiger partial charge is 0.439 e. The summed E-state index contributed by atoms with van der Waals surface area (Å²) in [5, 5.41) is 0. The summed E-state index contributed by atoms with van der Waals surface area (Å²) in [6, 6.07) is 0. The van der Waals surface area contributed by atoms with Gasteiger partial charge in [0.05, 0.1) is 0 Å². The smallest absolute Gasteiger partial charge is 0.318 e. The Morgan fingerprint density at radius 2 is 2.00 bits per heavy atom. The normalized spacial score (nSPS) is 13.8. The van der Waals surface area contributed by atoms with Crippen molar-refractivity contribution >= 4 is 17.6 Å². The minimum Gasteiger partial charge on any atom is -0.439 e. The second kappa shape index (κ2) is 3.85. The van der Waals surface area contributed by atoms with Gasteiger partial charge in [-0.05, 0) is 12.5 Å². The molecule has 0 fully saturated rings. The Morgan fingerprint density at radius 3 is 2.25 bits per heavy atom. The highest BCUT2D eigenvalue weighted by Crippen LogP contribution is 2.30. The lowest BCUT2D eigenvalue weighted by atomic mass is 10.2. The number of hydrogen-bond donors (Lipinski definition) is 0. The number of rotatable bonds is 3. The van der Waals surface area contributed by atoms with Crippen LogP contribution in [0.15, 0.2) is 12.2 Å². The number of esters is 1. The van der Waals surface area contributed by atoms with E-state index >= 15 is 0 Å². The molecule has 0 aliphatic heterocycles. The summed E-state index contributed by atoms with van der Waals surface area (Å²) < 4.78 is 29.7. The van der Waals surface area contributed by atoms with E-state index in [2.05, 4.69) is 11.3 Å². The average molecular weight is 199 g/mol. The van der Waals surface area contributed by atoms with E-state index in [0.717, 1.165) is 13.8 Å². The molecule has 0 aromatic heterocycles. The molecule has 1 atom stereocenters. The second-order valence-corrected chi connectivity index (χ2v) is 2.73. The number of hydrogen-bond acceptors (Lipinski definition) is 2. The zero-order chi connectivity index (χ0) is 9.94. The van der Waals surface area contributed by atoms with Crippen LogP contribution in [0.5, 0.6) is 0 Å². The van der Waals surface area contributed by atoms with Crippen molar-refractivity contribution in [2.75, 3.05) is 0 Å². The van der Waals surface area contributed by atoms with Crippen molar-refractivity contribution in [2.45, 2.75) is 25.3 Å². The first kappa shape index (κ1) is 11.4. The Kier molecular flexibility index (Phi) is 3.64. The molecule has 70 valence electrons. The lowest BCUT2D eigenvalue weighted by Crippen LogP contribution is -2.33. The van der Waals surface area contributed by atoms with E-state index in [4.69, 9.17) is 11.6 Å². The second-order valence-electron chi connectivity index (χ2n) is 2.33. The molecule has 0 radical (unpaired) electrons. The van der Waals surface area contributed by atoms with Gasteiger partial charge in [-0.15, -0.1) is 0 Å². The van der Waals surface area contributed by atoms with Crippen molar-refractivity contribution in [2.24, 2.45) is 0 Å². The molecule has 2 nitrogen and oxygen atoms in total. The highest BCUT2D eigenvalue weighted by molar-refractivity contribution is 6.21. The van der Waals surface area contributed by atoms with Gasteiger partial charge < -0.3 is 4.74 Å². The van der Waals surface area contributed by atoms with Crippen molar-refractivity contribution in [3.05, 3.63) is 12.2 Å². The molecule has 5 heteroatoms. The molecule has 0 aliphatic carbocycles.